The first kappa shape index (κ1) is 14.3. The van der Waals surface area contributed by atoms with Gasteiger partial charge in [-0.05, 0) is 31.7 Å². The van der Waals surface area contributed by atoms with Crippen molar-refractivity contribution in [1.82, 2.24) is 9.55 Å². The number of aryl methyl sites for hydroxylation is 2. The Morgan fingerprint density at radius 1 is 1.40 bits per heavy atom. The van der Waals surface area contributed by atoms with Crippen molar-refractivity contribution in [3.8, 4) is 0 Å². The van der Waals surface area contributed by atoms with Crippen LogP contribution in [0, 0.1) is 6.92 Å². The molecule has 0 radical (unpaired) electrons. The number of benzene rings is 1. The molecule has 20 heavy (non-hydrogen) atoms. The zero-order valence-corrected chi connectivity index (χ0v) is 11.5. The lowest BCUT2D eigenvalue weighted by atomic mass is 10.1. The van der Waals surface area contributed by atoms with Gasteiger partial charge in [-0.25, -0.2) is 4.98 Å². The summed E-state index contributed by atoms with van der Waals surface area (Å²) in [6.45, 7) is 2.06. The molecule has 2 aromatic rings. The highest BCUT2D eigenvalue weighted by Gasteiger charge is 2.10. The number of nitrogens with zero attached hydrogens (tertiary/aromatic N) is 2. The monoisotopic (exact) mass is 273 g/mol. The van der Waals surface area contributed by atoms with Crippen LogP contribution in [-0.4, -0.2) is 20.6 Å². The van der Waals surface area contributed by atoms with Gasteiger partial charge in [-0.15, -0.1) is 0 Å². The number of hydrogen-bond donors (Lipinski definition) is 2. The topological polar surface area (TPSA) is 81.1 Å². The number of hydrogen-bond acceptors (Lipinski definition) is 3. The Hall–Kier alpha value is -2.14. The first-order chi connectivity index (χ1) is 9.56. The van der Waals surface area contributed by atoms with Crippen molar-refractivity contribution >= 4 is 5.91 Å². The van der Waals surface area contributed by atoms with Crippen molar-refractivity contribution in [2.45, 2.75) is 32.4 Å². The third kappa shape index (κ3) is 3.68. The number of aliphatic hydroxyl groups excluding tert-OH is 1. The lowest BCUT2D eigenvalue weighted by Crippen LogP contribution is -2.11. The molecule has 106 valence electrons. The number of carbonyl (C=O) groups excluding carboxylic acids is 1. The van der Waals surface area contributed by atoms with Gasteiger partial charge in [-0.1, -0.05) is 29.8 Å². The van der Waals surface area contributed by atoms with Crippen LogP contribution in [0.15, 0.2) is 36.8 Å². The third-order valence-electron chi connectivity index (χ3n) is 3.25. The number of imidazole rings is 1. The third-order valence-corrected chi connectivity index (χ3v) is 3.25. The molecule has 1 unspecified atom stereocenters. The average molecular weight is 273 g/mol. The largest absolute Gasteiger partial charge is 0.373 e. The molecule has 0 aliphatic heterocycles. The number of primary amides is 1. The van der Waals surface area contributed by atoms with E-state index in [9.17, 15) is 9.90 Å². The smallest absolute Gasteiger partial charge is 0.268 e. The molecule has 0 bridgehead atoms. The van der Waals surface area contributed by atoms with Gasteiger partial charge >= 0.3 is 0 Å². The van der Waals surface area contributed by atoms with E-state index in [2.05, 4.69) is 36.2 Å². The van der Waals surface area contributed by atoms with Gasteiger partial charge in [0.05, 0.1) is 6.33 Å². The summed E-state index contributed by atoms with van der Waals surface area (Å²) in [4.78, 5) is 14.8. The zero-order valence-electron chi connectivity index (χ0n) is 11.5. The summed E-state index contributed by atoms with van der Waals surface area (Å²) in [5, 5.41) is 10.0. The molecule has 0 spiro atoms. The van der Waals surface area contributed by atoms with Crippen molar-refractivity contribution in [3.05, 3.63) is 53.6 Å². The molecular weight excluding hydrogens is 254 g/mol. The number of rotatable bonds is 6. The molecule has 1 aromatic carbocycles. The van der Waals surface area contributed by atoms with E-state index in [-0.39, 0.29) is 5.69 Å². The zero-order chi connectivity index (χ0) is 14.5. The number of aliphatic hydroxyl groups is 1. The van der Waals surface area contributed by atoms with Crippen LogP contribution in [0.5, 0.6) is 0 Å². The molecule has 0 saturated carbocycles. The summed E-state index contributed by atoms with van der Waals surface area (Å²) in [7, 11) is 0. The quantitative estimate of drug-likeness (QED) is 0.842. The molecule has 1 aromatic heterocycles. The van der Waals surface area contributed by atoms with Gasteiger partial charge < -0.3 is 15.4 Å². The second-order valence-electron chi connectivity index (χ2n) is 4.93. The Balaban J connectivity index is 1.83. The number of aromatic nitrogens is 2. The fourth-order valence-corrected chi connectivity index (χ4v) is 2.02. The van der Waals surface area contributed by atoms with Crippen LogP contribution in [-0.2, 0) is 6.42 Å². The highest BCUT2D eigenvalue weighted by molar-refractivity contribution is 5.90. The highest BCUT2D eigenvalue weighted by Crippen LogP contribution is 2.14. The summed E-state index contributed by atoms with van der Waals surface area (Å²) in [6, 6.07) is 8.37. The van der Waals surface area contributed by atoms with Gasteiger partial charge in [0, 0.05) is 6.20 Å². The van der Waals surface area contributed by atoms with Gasteiger partial charge in [0.1, 0.15) is 11.9 Å². The van der Waals surface area contributed by atoms with Crippen molar-refractivity contribution in [1.29, 1.82) is 0 Å². The maximum Gasteiger partial charge on any atom is 0.268 e. The number of amides is 1. The Kier molecular flexibility index (Phi) is 4.53. The van der Waals surface area contributed by atoms with E-state index in [1.165, 1.54) is 28.2 Å². The summed E-state index contributed by atoms with van der Waals surface area (Å²) in [5.41, 5.74) is 7.79. The minimum atomic E-state index is -0.680. The number of nitrogens with two attached hydrogens (primary N) is 1. The van der Waals surface area contributed by atoms with Crippen LogP contribution in [0.4, 0.5) is 0 Å². The van der Waals surface area contributed by atoms with Crippen LogP contribution < -0.4 is 5.73 Å². The first-order valence-electron chi connectivity index (χ1n) is 6.63. The minimum absolute atomic E-state index is 0.169. The van der Waals surface area contributed by atoms with Gasteiger partial charge in [0.2, 0.25) is 0 Å². The van der Waals surface area contributed by atoms with Crippen molar-refractivity contribution < 1.29 is 9.90 Å². The average Bonchev–Trinajstić information content (AvgIpc) is 2.91. The fraction of sp³-hybridized carbons (Fsp3) is 0.333. The predicted octanol–water partition coefficient (Wildman–Crippen LogP) is 1.80. The Morgan fingerprint density at radius 2 is 2.10 bits per heavy atom. The lowest BCUT2D eigenvalue weighted by molar-refractivity contribution is 0.0918. The normalized spacial score (nSPS) is 12.3. The lowest BCUT2D eigenvalue weighted by Gasteiger charge is -2.11. The molecule has 0 fully saturated rings. The Labute approximate surface area is 118 Å². The van der Waals surface area contributed by atoms with E-state index in [0.717, 1.165) is 12.8 Å². The van der Waals surface area contributed by atoms with E-state index >= 15 is 0 Å². The second kappa shape index (κ2) is 6.34. The maximum absolute atomic E-state index is 10.9. The summed E-state index contributed by atoms with van der Waals surface area (Å²) >= 11 is 0. The molecule has 0 aliphatic carbocycles. The molecule has 5 nitrogen and oxygen atoms in total. The highest BCUT2D eigenvalue weighted by atomic mass is 16.3. The van der Waals surface area contributed by atoms with Crippen LogP contribution in [0.25, 0.3) is 0 Å². The van der Waals surface area contributed by atoms with Crippen molar-refractivity contribution in [2.75, 3.05) is 0 Å². The first-order valence-corrected chi connectivity index (χ1v) is 6.63. The summed E-state index contributed by atoms with van der Waals surface area (Å²) < 4.78 is 1.51. The van der Waals surface area contributed by atoms with Gasteiger partial charge in [-0.3, -0.25) is 4.79 Å². The van der Waals surface area contributed by atoms with Gasteiger partial charge in [-0.2, -0.15) is 0 Å². The predicted molar refractivity (Wildman–Crippen MR) is 76.1 cm³/mol. The maximum atomic E-state index is 10.9. The Bertz CT molecular complexity index is 575. The second-order valence-corrected chi connectivity index (χ2v) is 4.93. The van der Waals surface area contributed by atoms with E-state index in [1.807, 2.05) is 0 Å². The molecule has 1 heterocycles. The van der Waals surface area contributed by atoms with E-state index in [0.29, 0.717) is 6.42 Å². The van der Waals surface area contributed by atoms with Crippen LogP contribution in [0.2, 0.25) is 0 Å². The van der Waals surface area contributed by atoms with Crippen molar-refractivity contribution in [2.24, 2.45) is 5.73 Å². The van der Waals surface area contributed by atoms with E-state index < -0.39 is 12.1 Å². The molecular formula is C15H19N3O2. The number of carbonyl (C=O) groups is 1. The molecule has 3 N–H and O–H groups in total. The summed E-state index contributed by atoms with van der Waals surface area (Å²) in [5.74, 6) is -0.587. The van der Waals surface area contributed by atoms with Crippen LogP contribution in [0.1, 0.15) is 40.7 Å². The molecule has 0 saturated heterocycles. The van der Waals surface area contributed by atoms with Gasteiger partial charge in [0.25, 0.3) is 5.91 Å². The van der Waals surface area contributed by atoms with Crippen LogP contribution >= 0.6 is 0 Å². The van der Waals surface area contributed by atoms with Gasteiger partial charge in [0.15, 0.2) is 0 Å². The standard InChI is InChI=1S/C15H19N3O2/c1-11-5-7-12(8-6-11)3-2-4-14(19)18-9-13(15(16)20)17-10-18/h5-10,14,19H,2-4H2,1H3,(H2,16,20). The summed E-state index contributed by atoms with van der Waals surface area (Å²) in [6.07, 6.45) is 4.59. The molecule has 1 atom stereocenters. The molecule has 5 heteroatoms. The van der Waals surface area contributed by atoms with Crippen LogP contribution in [0.3, 0.4) is 0 Å². The minimum Gasteiger partial charge on any atom is -0.373 e. The molecule has 2 rings (SSSR count). The molecule has 0 aliphatic rings. The molecule has 1 amide bonds. The van der Waals surface area contributed by atoms with E-state index in [1.54, 1.807) is 0 Å². The van der Waals surface area contributed by atoms with Crippen molar-refractivity contribution in [3.63, 3.8) is 0 Å². The van der Waals surface area contributed by atoms with E-state index in [4.69, 9.17) is 5.73 Å². The Morgan fingerprint density at radius 3 is 2.70 bits per heavy atom. The fourth-order valence-electron chi connectivity index (χ4n) is 2.02. The SMILES string of the molecule is Cc1ccc(CCCC(O)n2cnc(C(N)=O)c2)cc1.